The third-order valence-corrected chi connectivity index (χ3v) is 14.5. The van der Waals surface area contributed by atoms with Gasteiger partial charge in [0.05, 0.1) is 0 Å². The van der Waals surface area contributed by atoms with Crippen molar-refractivity contribution in [3.8, 4) is 23.0 Å². The number of hydrogen-bond donors (Lipinski definition) is 4. The molecule has 4 radical (unpaired) electrons. The number of phosphoric ester groups is 4. The van der Waals surface area contributed by atoms with Crippen LogP contribution in [0.1, 0.15) is 203 Å². The molecule has 0 unspecified atom stereocenters. The van der Waals surface area contributed by atoms with E-state index in [1.165, 1.54) is 0 Å². The average Bonchev–Trinajstić information content (AvgIpc) is 0.839. The second-order valence-corrected chi connectivity index (χ2v) is 27.8. The SMILES string of the molecule is CC(C)c1cccc(C(C)C)c1OP(=O)([O-])[O-].CC(C)c1cccc(C(C)C)c1OP(=O)([O-])[O-].CC(C)c1cccc(C(C)C)c1OP(=O)([O-])[O-].CC(C)c1cccc(C(C)C)c1OP(=O)([O-])[O-].Nc1ccccn1.Nc1ccccn1.Nc1ccccn1.Nc1ccccn1.[Co+2].[Co+2].[Co+2].[Co+2]. The topological polar surface area (TPSA) is 445 Å². The number of nitrogen functional groups attached to an aromatic ring is 4. The maximum atomic E-state index is 10.8. The Hall–Kier alpha value is -5.49. The van der Waals surface area contributed by atoms with Crippen molar-refractivity contribution in [1.29, 1.82) is 0 Å². The monoisotopic (exact) mass is 1640 g/mol. The molecule has 24 nitrogen and oxygen atoms in total. The predicted octanol–water partition coefficient (Wildman–Crippen LogP) is 11.2. The minimum Gasteiger partial charge on any atom is -0.780 e. The first-order valence-corrected chi connectivity index (χ1v) is 36.3. The van der Waals surface area contributed by atoms with Gasteiger partial charge in [-0.25, -0.2) is 19.9 Å². The molecule has 4 aromatic heterocycles. The van der Waals surface area contributed by atoms with E-state index in [-0.39, 0.29) is 137 Å². The third kappa shape index (κ3) is 42.8. The van der Waals surface area contributed by atoms with Crippen LogP contribution in [-0.2, 0) is 85.4 Å². The standard InChI is InChI=1S/4C12H19O4P.4C5H6N2.4Co/c4*1-8(2)10-6-5-7-11(9(3)4)12(10)16-17(13,14)15;4*6-5-3-1-2-4-7-5;;;;/h4*5-9H,1-4H3,(H2,13,14,15);4*1-4H,(H2,6,7);;;;/q;;;;;;;;4*+2/p-8. The van der Waals surface area contributed by atoms with Crippen molar-refractivity contribution in [1.82, 2.24) is 19.9 Å². The minimum absolute atomic E-state index is 0. The Morgan fingerprint density at radius 1 is 0.250 bits per heavy atom. The van der Waals surface area contributed by atoms with Crippen LogP contribution in [0.5, 0.6) is 23.0 Å². The van der Waals surface area contributed by atoms with Crippen molar-refractivity contribution in [3.05, 3.63) is 215 Å². The summed E-state index contributed by atoms with van der Waals surface area (Å²) in [6.45, 7) is 30.8. The van der Waals surface area contributed by atoms with Gasteiger partial charge in [-0.1, -0.05) is 208 Å². The number of benzene rings is 4. The van der Waals surface area contributed by atoms with Crippen molar-refractivity contribution in [3.63, 3.8) is 0 Å². The van der Waals surface area contributed by atoms with Gasteiger partial charge in [0.1, 0.15) is 77.6 Å². The molecular weight excluding hydrogens is 1540 g/mol. The van der Waals surface area contributed by atoms with Crippen LogP contribution in [0.15, 0.2) is 170 Å². The van der Waals surface area contributed by atoms with Gasteiger partial charge in [0, 0.05) is 24.8 Å². The molecule has 8 aromatic rings. The van der Waals surface area contributed by atoms with Gasteiger partial charge in [-0.15, -0.1) is 0 Å². The number of phosphoric acid groups is 4. The van der Waals surface area contributed by atoms with Gasteiger partial charge in [0.2, 0.25) is 0 Å². The van der Waals surface area contributed by atoms with E-state index in [1.807, 2.05) is 184 Å². The van der Waals surface area contributed by atoms with Crippen molar-refractivity contribution in [2.45, 2.75) is 158 Å². The first-order valence-electron chi connectivity index (χ1n) is 30.5. The average molecular weight is 1640 g/mol. The Bertz CT molecular complexity index is 3140. The van der Waals surface area contributed by atoms with Gasteiger partial charge in [0.15, 0.2) is 0 Å². The van der Waals surface area contributed by atoms with Crippen LogP contribution in [0.4, 0.5) is 23.3 Å². The molecular formula is C68H92Co4N8O16P4. The second kappa shape index (κ2) is 50.0. The third-order valence-electron chi connectivity index (χ3n) is 12.8. The van der Waals surface area contributed by atoms with Crippen LogP contribution in [0.3, 0.4) is 0 Å². The van der Waals surface area contributed by atoms with Crippen LogP contribution in [0.25, 0.3) is 0 Å². The van der Waals surface area contributed by atoms with E-state index in [1.54, 1.807) is 97.6 Å². The van der Waals surface area contributed by atoms with Crippen molar-refractivity contribution in [2.24, 2.45) is 0 Å². The number of nitrogens with two attached hydrogens (primary N) is 4. The summed E-state index contributed by atoms with van der Waals surface area (Å²) in [5.74, 6) is 3.83. The molecule has 0 aliphatic rings. The molecule has 4 aromatic carbocycles. The van der Waals surface area contributed by atoms with Crippen LogP contribution in [0.2, 0.25) is 0 Å². The van der Waals surface area contributed by atoms with E-state index in [0.717, 1.165) is 44.5 Å². The fourth-order valence-electron chi connectivity index (χ4n) is 8.30. The zero-order valence-corrected chi connectivity index (χ0v) is 66.3. The number of pyridine rings is 4. The summed E-state index contributed by atoms with van der Waals surface area (Å²) in [7, 11) is -20.1. The van der Waals surface area contributed by atoms with Crippen LogP contribution in [0, 0.1) is 0 Å². The first-order chi connectivity index (χ1) is 44.5. The molecule has 0 fully saturated rings. The van der Waals surface area contributed by atoms with E-state index in [9.17, 15) is 57.4 Å². The molecule has 556 valence electrons. The Morgan fingerprint density at radius 3 is 0.450 bits per heavy atom. The summed E-state index contributed by atoms with van der Waals surface area (Å²) in [4.78, 5) is 101. The van der Waals surface area contributed by atoms with E-state index in [0.29, 0.717) is 23.3 Å². The van der Waals surface area contributed by atoms with E-state index >= 15 is 0 Å². The largest absolute Gasteiger partial charge is 2.00 e. The maximum absolute atomic E-state index is 10.8. The summed E-state index contributed by atoms with van der Waals surface area (Å²) in [5, 5.41) is 0. The zero-order chi connectivity index (χ0) is 73.3. The fourth-order valence-corrected chi connectivity index (χ4v) is 10.0. The number of anilines is 4. The molecule has 0 saturated carbocycles. The maximum Gasteiger partial charge on any atom is 2.00 e. The zero-order valence-electron chi connectivity index (χ0n) is 58.5. The molecule has 100 heavy (non-hydrogen) atoms. The van der Waals surface area contributed by atoms with Crippen molar-refractivity contribution < 1.29 is 143 Å². The number of para-hydroxylation sites is 4. The Labute approximate surface area is 631 Å². The van der Waals surface area contributed by atoms with Crippen LogP contribution in [-0.4, -0.2) is 19.9 Å². The van der Waals surface area contributed by atoms with Gasteiger partial charge in [-0.2, -0.15) is 0 Å². The number of hydrogen-bond acceptors (Lipinski definition) is 24. The molecule has 0 saturated heterocycles. The number of aromatic nitrogens is 4. The van der Waals surface area contributed by atoms with Gasteiger partial charge < -0.3 is 98.4 Å². The molecule has 0 atom stereocenters. The van der Waals surface area contributed by atoms with Crippen molar-refractivity contribution in [2.75, 3.05) is 22.9 Å². The van der Waals surface area contributed by atoms with Gasteiger partial charge in [-0.3, -0.25) is 0 Å². The quantitative estimate of drug-likeness (QED) is 0.0653. The fraction of sp³-hybridized carbons (Fsp3) is 0.353. The van der Waals surface area contributed by atoms with Gasteiger partial charge in [-0.05, 0) is 140 Å². The second-order valence-electron chi connectivity index (χ2n) is 23.5. The summed E-state index contributed by atoms with van der Waals surface area (Å²) in [5.41, 5.74) is 26.9. The molecule has 0 bridgehead atoms. The molecule has 0 aliphatic carbocycles. The van der Waals surface area contributed by atoms with E-state index < -0.39 is 31.3 Å². The molecule has 4 heterocycles. The number of nitrogens with zero attached hydrogens (tertiary/aromatic N) is 4. The van der Waals surface area contributed by atoms with E-state index in [4.69, 9.17) is 22.9 Å². The normalized spacial score (nSPS) is 10.7. The summed E-state index contributed by atoms with van der Waals surface area (Å²) in [6.07, 6.45) is 6.65. The van der Waals surface area contributed by atoms with E-state index in [2.05, 4.69) is 38.0 Å². The number of rotatable bonds is 16. The molecule has 32 heteroatoms. The summed E-state index contributed by atoms with van der Waals surface area (Å²) >= 11 is 0. The molecule has 0 spiro atoms. The summed E-state index contributed by atoms with van der Waals surface area (Å²) < 4.78 is 61.7. The molecule has 0 amide bonds. The smallest absolute Gasteiger partial charge is 0.780 e. The Kier molecular flexibility index (Phi) is 50.4. The van der Waals surface area contributed by atoms with Crippen LogP contribution >= 0.6 is 31.3 Å². The minimum atomic E-state index is -5.02. The van der Waals surface area contributed by atoms with Gasteiger partial charge in [0.25, 0.3) is 0 Å². The molecule has 8 rings (SSSR count). The van der Waals surface area contributed by atoms with Gasteiger partial charge >= 0.3 is 67.1 Å². The Balaban J connectivity index is -0.000000538. The Morgan fingerprint density at radius 2 is 0.380 bits per heavy atom. The molecule has 8 N–H and O–H groups in total. The first kappa shape index (κ1) is 101. The predicted molar refractivity (Wildman–Crippen MR) is 366 cm³/mol. The molecule has 0 aliphatic heterocycles. The van der Waals surface area contributed by atoms with Crippen LogP contribution < -0.4 is 80.2 Å². The summed E-state index contributed by atoms with van der Waals surface area (Å²) in [6, 6.07) is 43.3. The van der Waals surface area contributed by atoms with Crippen molar-refractivity contribution >= 4 is 54.6 Å².